The zero-order valence-corrected chi connectivity index (χ0v) is 14.1. The zero-order chi connectivity index (χ0) is 16.8. The molecule has 2 saturated heterocycles. The molecule has 0 saturated carbocycles. The lowest BCUT2D eigenvalue weighted by Crippen LogP contribution is -2.58. The van der Waals surface area contributed by atoms with Crippen molar-refractivity contribution in [2.45, 2.75) is 31.7 Å². The van der Waals surface area contributed by atoms with E-state index < -0.39 is 0 Å². The molecular weight excluding hydrogens is 308 g/mol. The van der Waals surface area contributed by atoms with Gasteiger partial charge in [-0.3, -0.25) is 14.4 Å². The van der Waals surface area contributed by atoms with Gasteiger partial charge in [-0.2, -0.15) is 0 Å². The fourth-order valence-corrected chi connectivity index (χ4v) is 4.26. The third kappa shape index (κ3) is 2.70. The van der Waals surface area contributed by atoms with E-state index in [1.54, 1.807) is 0 Å². The topological polar surface area (TPSA) is 73.0 Å². The van der Waals surface area contributed by atoms with Gasteiger partial charge in [-0.1, -0.05) is 0 Å². The van der Waals surface area contributed by atoms with Crippen LogP contribution in [0.15, 0.2) is 11.3 Å². The predicted molar refractivity (Wildman–Crippen MR) is 86.7 cm³/mol. The molecule has 4 heterocycles. The van der Waals surface area contributed by atoms with Gasteiger partial charge in [-0.15, -0.1) is 0 Å². The Morgan fingerprint density at radius 3 is 2.67 bits per heavy atom. The van der Waals surface area contributed by atoms with Gasteiger partial charge in [-0.25, -0.2) is 0 Å². The van der Waals surface area contributed by atoms with Crippen LogP contribution < -0.4 is 5.32 Å². The minimum atomic E-state index is -0.205. The number of nitrogens with one attached hydrogen (secondary N) is 1. The van der Waals surface area contributed by atoms with Crippen LogP contribution in [0, 0.1) is 5.92 Å². The van der Waals surface area contributed by atoms with Crippen molar-refractivity contribution >= 4 is 17.7 Å². The van der Waals surface area contributed by atoms with E-state index in [1.165, 1.54) is 5.57 Å². The molecule has 3 amide bonds. The average molecular weight is 332 g/mol. The second-order valence-corrected chi connectivity index (χ2v) is 7.46. The summed E-state index contributed by atoms with van der Waals surface area (Å²) in [5.41, 5.74) is 2.19. The number of carbonyl (C=O) groups excluding carboxylic acids is 3. The summed E-state index contributed by atoms with van der Waals surface area (Å²) in [6.07, 6.45) is 2.31. The molecule has 4 aliphatic heterocycles. The van der Waals surface area contributed by atoms with Gasteiger partial charge >= 0.3 is 0 Å². The molecule has 0 aromatic carbocycles. The number of hydrogen-bond acceptors (Lipinski definition) is 4. The molecule has 4 aliphatic rings. The molecule has 0 spiro atoms. The Balaban J connectivity index is 1.38. The Bertz CT molecular complexity index is 623. The minimum Gasteiger partial charge on any atom is -0.338 e. The highest BCUT2D eigenvalue weighted by molar-refractivity contribution is 5.90. The summed E-state index contributed by atoms with van der Waals surface area (Å²) < 4.78 is 0. The fourth-order valence-electron chi connectivity index (χ4n) is 4.26. The molecular formula is C17H24N4O3. The Kier molecular flexibility index (Phi) is 3.83. The maximum atomic E-state index is 12.9. The smallest absolute Gasteiger partial charge is 0.228 e. The van der Waals surface area contributed by atoms with Crippen molar-refractivity contribution in [3.8, 4) is 0 Å². The summed E-state index contributed by atoms with van der Waals surface area (Å²) in [6.45, 7) is 3.62. The zero-order valence-electron chi connectivity index (χ0n) is 14.1. The van der Waals surface area contributed by atoms with Crippen LogP contribution in [-0.2, 0) is 14.4 Å². The summed E-state index contributed by atoms with van der Waals surface area (Å²) in [5, 5.41) is 2.93. The van der Waals surface area contributed by atoms with Crippen LogP contribution in [0.25, 0.3) is 0 Å². The van der Waals surface area contributed by atoms with Gasteiger partial charge in [-0.05, 0) is 19.0 Å². The van der Waals surface area contributed by atoms with Crippen LogP contribution in [0.2, 0.25) is 0 Å². The van der Waals surface area contributed by atoms with Gasteiger partial charge < -0.3 is 20.0 Å². The van der Waals surface area contributed by atoms with E-state index >= 15 is 0 Å². The van der Waals surface area contributed by atoms with Gasteiger partial charge in [0.25, 0.3) is 0 Å². The molecule has 7 nitrogen and oxygen atoms in total. The monoisotopic (exact) mass is 332 g/mol. The molecule has 0 aliphatic carbocycles. The van der Waals surface area contributed by atoms with E-state index in [2.05, 4.69) is 10.2 Å². The Labute approximate surface area is 141 Å². The number of carbonyl (C=O) groups is 3. The van der Waals surface area contributed by atoms with Crippen molar-refractivity contribution < 1.29 is 14.4 Å². The third-order valence-corrected chi connectivity index (χ3v) is 5.69. The molecule has 1 atom stereocenters. The van der Waals surface area contributed by atoms with E-state index in [4.69, 9.17) is 0 Å². The molecule has 24 heavy (non-hydrogen) atoms. The van der Waals surface area contributed by atoms with Crippen LogP contribution in [0.5, 0.6) is 0 Å². The SMILES string of the molecule is CN1CC(N2CC(C(=O)N3CCC4=C(CCC(=O)N4)C3)CC2=O)C1. The standard InChI is InChI=1S/C17H24N4O3/c1-19-9-13(10-19)21-8-12(6-16(21)23)17(24)20-5-4-14-11(7-20)2-3-15(22)18-14/h12-13H,2-10H2,1H3,(H,18,22). The van der Waals surface area contributed by atoms with Crippen molar-refractivity contribution in [3.05, 3.63) is 11.3 Å². The molecule has 0 aromatic rings. The lowest BCUT2D eigenvalue weighted by Gasteiger charge is -2.42. The van der Waals surface area contributed by atoms with Crippen LogP contribution in [0.4, 0.5) is 0 Å². The summed E-state index contributed by atoms with van der Waals surface area (Å²) in [4.78, 5) is 42.5. The number of nitrogens with zero attached hydrogens (tertiary/aromatic N) is 3. The van der Waals surface area contributed by atoms with Crippen molar-refractivity contribution in [2.24, 2.45) is 5.92 Å². The third-order valence-electron chi connectivity index (χ3n) is 5.69. The second kappa shape index (κ2) is 5.88. The number of hydrogen-bond donors (Lipinski definition) is 1. The normalized spacial score (nSPS) is 28.8. The predicted octanol–water partition coefficient (Wildman–Crippen LogP) is -0.455. The highest BCUT2D eigenvalue weighted by Crippen LogP contribution is 2.29. The molecule has 0 bridgehead atoms. The lowest BCUT2D eigenvalue weighted by atomic mass is 9.96. The summed E-state index contributed by atoms with van der Waals surface area (Å²) >= 11 is 0. The molecule has 4 rings (SSSR count). The summed E-state index contributed by atoms with van der Waals surface area (Å²) in [5.74, 6) is 0.0926. The molecule has 130 valence electrons. The Morgan fingerprint density at radius 1 is 1.12 bits per heavy atom. The maximum absolute atomic E-state index is 12.9. The highest BCUT2D eigenvalue weighted by Gasteiger charge is 2.42. The van der Waals surface area contributed by atoms with E-state index in [0.29, 0.717) is 38.9 Å². The first-order valence-corrected chi connectivity index (χ1v) is 8.79. The molecule has 2 fully saturated rings. The molecule has 0 aromatic heterocycles. The van der Waals surface area contributed by atoms with Crippen molar-refractivity contribution in [2.75, 3.05) is 39.8 Å². The van der Waals surface area contributed by atoms with Gasteiger partial charge in [0.05, 0.1) is 12.0 Å². The second-order valence-electron chi connectivity index (χ2n) is 7.46. The van der Waals surface area contributed by atoms with Crippen LogP contribution in [0.3, 0.4) is 0 Å². The van der Waals surface area contributed by atoms with Crippen LogP contribution in [0.1, 0.15) is 25.7 Å². The van der Waals surface area contributed by atoms with Crippen LogP contribution in [-0.4, -0.2) is 78.2 Å². The first-order chi connectivity index (χ1) is 11.5. The summed E-state index contributed by atoms with van der Waals surface area (Å²) in [6, 6.07) is 0.282. The average Bonchev–Trinajstić information content (AvgIpc) is 2.92. The fraction of sp³-hybridized carbons (Fsp3) is 0.706. The van der Waals surface area contributed by atoms with Gasteiger partial charge in [0, 0.05) is 57.7 Å². The van der Waals surface area contributed by atoms with Crippen molar-refractivity contribution in [1.29, 1.82) is 0 Å². The van der Waals surface area contributed by atoms with Gasteiger partial charge in [0.2, 0.25) is 17.7 Å². The number of rotatable bonds is 2. The summed E-state index contributed by atoms with van der Waals surface area (Å²) in [7, 11) is 2.04. The van der Waals surface area contributed by atoms with Gasteiger partial charge in [0.1, 0.15) is 0 Å². The highest BCUT2D eigenvalue weighted by atomic mass is 16.2. The maximum Gasteiger partial charge on any atom is 0.228 e. The lowest BCUT2D eigenvalue weighted by molar-refractivity contribution is -0.136. The first kappa shape index (κ1) is 15.6. The minimum absolute atomic E-state index is 0.0797. The van der Waals surface area contributed by atoms with Crippen molar-refractivity contribution in [3.63, 3.8) is 0 Å². The van der Waals surface area contributed by atoms with Crippen LogP contribution >= 0.6 is 0 Å². The molecule has 7 heteroatoms. The quantitative estimate of drug-likeness (QED) is 0.743. The van der Waals surface area contributed by atoms with Gasteiger partial charge in [0.15, 0.2) is 0 Å². The Morgan fingerprint density at radius 2 is 1.92 bits per heavy atom. The van der Waals surface area contributed by atoms with Crippen molar-refractivity contribution in [1.82, 2.24) is 20.0 Å². The number of amides is 3. The Hall–Kier alpha value is -1.89. The first-order valence-electron chi connectivity index (χ1n) is 8.79. The molecule has 1 N–H and O–H groups in total. The molecule has 0 radical (unpaired) electrons. The van der Waals surface area contributed by atoms with E-state index in [-0.39, 0.29) is 29.7 Å². The number of likely N-dealkylation sites (tertiary alicyclic amines) is 2. The van der Waals surface area contributed by atoms with E-state index in [1.807, 2.05) is 16.8 Å². The van der Waals surface area contributed by atoms with E-state index in [9.17, 15) is 14.4 Å². The molecule has 1 unspecified atom stereocenters. The largest absolute Gasteiger partial charge is 0.338 e. The van der Waals surface area contributed by atoms with E-state index in [0.717, 1.165) is 25.2 Å². The number of likely N-dealkylation sites (N-methyl/N-ethyl adjacent to an activating group) is 1.